The van der Waals surface area contributed by atoms with E-state index in [2.05, 4.69) is 41.4 Å². The van der Waals surface area contributed by atoms with Crippen LogP contribution in [0, 0.1) is 0 Å². The molecule has 0 aromatic heterocycles. The van der Waals surface area contributed by atoms with Crippen molar-refractivity contribution in [3.05, 3.63) is 35.9 Å². The van der Waals surface area contributed by atoms with Gasteiger partial charge in [-0.25, -0.2) is 4.79 Å². The summed E-state index contributed by atoms with van der Waals surface area (Å²) in [6.07, 6.45) is 1.63. The van der Waals surface area contributed by atoms with E-state index < -0.39 is 5.60 Å². The van der Waals surface area contributed by atoms with Gasteiger partial charge < -0.3 is 10.1 Å². The maximum atomic E-state index is 11.9. The molecular formula is C18H28N2O2. The summed E-state index contributed by atoms with van der Waals surface area (Å²) >= 11 is 0. The zero-order chi connectivity index (χ0) is 16.2. The van der Waals surface area contributed by atoms with Gasteiger partial charge in [-0.3, -0.25) is 4.90 Å². The molecule has 2 rings (SSSR count). The molecule has 1 fully saturated rings. The lowest BCUT2D eigenvalue weighted by Crippen LogP contribution is -2.49. The Kier molecular flexibility index (Phi) is 5.46. The van der Waals surface area contributed by atoms with Gasteiger partial charge >= 0.3 is 6.09 Å². The molecule has 4 heteroatoms. The standard InChI is InChI=1S/C18H28N2O2/c1-14-12-16(19-17(21)22-18(2,3)4)10-11-20(14)13-15-8-6-5-7-9-15/h5-9,14,16H,10-13H2,1-4H3,(H,19,21)/t14-,16+/m1/s1. The van der Waals surface area contributed by atoms with Crippen molar-refractivity contribution in [2.24, 2.45) is 0 Å². The Bertz CT molecular complexity index is 482. The average molecular weight is 304 g/mol. The van der Waals surface area contributed by atoms with Crippen molar-refractivity contribution in [3.8, 4) is 0 Å². The van der Waals surface area contributed by atoms with E-state index >= 15 is 0 Å². The predicted molar refractivity (Wildman–Crippen MR) is 88.7 cm³/mol. The van der Waals surface area contributed by atoms with Crippen molar-refractivity contribution in [1.29, 1.82) is 0 Å². The molecule has 122 valence electrons. The lowest BCUT2D eigenvalue weighted by atomic mass is 9.97. The van der Waals surface area contributed by atoms with E-state index in [1.807, 2.05) is 26.8 Å². The summed E-state index contributed by atoms with van der Waals surface area (Å²) in [5, 5.41) is 3.00. The molecule has 22 heavy (non-hydrogen) atoms. The van der Waals surface area contributed by atoms with Crippen LogP contribution >= 0.6 is 0 Å². The molecule has 1 aliphatic rings. The molecule has 1 aromatic rings. The SMILES string of the molecule is C[C@@H]1C[C@@H](NC(=O)OC(C)(C)C)CCN1Cc1ccccc1. The van der Waals surface area contributed by atoms with Gasteiger partial charge in [0.05, 0.1) is 0 Å². The number of alkyl carbamates (subject to hydrolysis) is 1. The van der Waals surface area contributed by atoms with Gasteiger partial charge in [-0.05, 0) is 46.1 Å². The minimum Gasteiger partial charge on any atom is -0.444 e. The summed E-state index contributed by atoms with van der Waals surface area (Å²) in [5.41, 5.74) is 0.900. The Labute approximate surface area is 133 Å². The third-order valence-electron chi connectivity index (χ3n) is 3.96. The number of nitrogens with one attached hydrogen (secondary N) is 1. The van der Waals surface area contributed by atoms with Crippen LogP contribution in [-0.4, -0.2) is 35.2 Å². The largest absolute Gasteiger partial charge is 0.444 e. The second kappa shape index (κ2) is 7.14. The first-order valence-electron chi connectivity index (χ1n) is 8.11. The first-order valence-corrected chi connectivity index (χ1v) is 8.11. The van der Waals surface area contributed by atoms with Crippen molar-refractivity contribution < 1.29 is 9.53 Å². The number of likely N-dealkylation sites (tertiary alicyclic amines) is 1. The van der Waals surface area contributed by atoms with Gasteiger partial charge in [0, 0.05) is 25.2 Å². The number of ether oxygens (including phenoxy) is 1. The van der Waals surface area contributed by atoms with Gasteiger partial charge in [-0.15, -0.1) is 0 Å². The van der Waals surface area contributed by atoms with E-state index in [4.69, 9.17) is 4.74 Å². The summed E-state index contributed by atoms with van der Waals surface area (Å²) in [7, 11) is 0. The minimum absolute atomic E-state index is 0.205. The topological polar surface area (TPSA) is 41.6 Å². The van der Waals surface area contributed by atoms with Crippen LogP contribution in [0.15, 0.2) is 30.3 Å². The Morgan fingerprint density at radius 2 is 2.00 bits per heavy atom. The van der Waals surface area contributed by atoms with Crippen molar-refractivity contribution in [3.63, 3.8) is 0 Å². The van der Waals surface area contributed by atoms with E-state index in [0.29, 0.717) is 6.04 Å². The molecule has 0 spiro atoms. The van der Waals surface area contributed by atoms with Crippen LogP contribution in [0.1, 0.15) is 46.1 Å². The average Bonchev–Trinajstić information content (AvgIpc) is 2.41. The minimum atomic E-state index is -0.441. The molecule has 1 N–H and O–H groups in total. The van der Waals surface area contributed by atoms with Crippen molar-refractivity contribution in [2.45, 2.75) is 64.8 Å². The number of nitrogens with zero attached hydrogens (tertiary/aromatic N) is 1. The number of carbonyl (C=O) groups is 1. The lowest BCUT2D eigenvalue weighted by Gasteiger charge is -2.38. The molecule has 0 bridgehead atoms. The number of piperidine rings is 1. The first-order chi connectivity index (χ1) is 10.3. The molecule has 1 aliphatic heterocycles. The molecule has 1 saturated heterocycles. The van der Waals surface area contributed by atoms with Crippen LogP contribution in [0.3, 0.4) is 0 Å². The second-order valence-electron chi connectivity index (χ2n) is 7.17. The highest BCUT2D eigenvalue weighted by Crippen LogP contribution is 2.20. The zero-order valence-electron chi connectivity index (χ0n) is 14.1. The van der Waals surface area contributed by atoms with Gasteiger partial charge in [-0.1, -0.05) is 30.3 Å². The number of carbonyl (C=O) groups excluding carboxylic acids is 1. The molecule has 4 nitrogen and oxygen atoms in total. The number of hydrogen-bond donors (Lipinski definition) is 1. The molecule has 1 amide bonds. The highest BCUT2D eigenvalue weighted by Gasteiger charge is 2.27. The summed E-state index contributed by atoms with van der Waals surface area (Å²) in [6, 6.07) is 11.2. The molecule has 1 aromatic carbocycles. The maximum absolute atomic E-state index is 11.9. The van der Waals surface area contributed by atoms with Crippen molar-refractivity contribution in [2.75, 3.05) is 6.54 Å². The zero-order valence-corrected chi connectivity index (χ0v) is 14.1. The van der Waals surface area contributed by atoms with E-state index in [-0.39, 0.29) is 12.1 Å². The summed E-state index contributed by atoms with van der Waals surface area (Å²) in [6.45, 7) is 9.86. The smallest absolute Gasteiger partial charge is 0.407 e. The van der Waals surface area contributed by atoms with Gasteiger partial charge in [0.15, 0.2) is 0 Å². The van der Waals surface area contributed by atoms with Crippen molar-refractivity contribution >= 4 is 6.09 Å². The van der Waals surface area contributed by atoms with Crippen LogP contribution in [0.25, 0.3) is 0 Å². The van der Waals surface area contributed by atoms with E-state index in [1.165, 1.54) is 5.56 Å². The van der Waals surface area contributed by atoms with E-state index in [9.17, 15) is 4.79 Å². The normalized spacial score (nSPS) is 23.1. The van der Waals surface area contributed by atoms with E-state index in [1.54, 1.807) is 0 Å². The first kappa shape index (κ1) is 16.8. The number of rotatable bonds is 3. The fourth-order valence-electron chi connectivity index (χ4n) is 2.88. The van der Waals surface area contributed by atoms with Gasteiger partial charge in [0.1, 0.15) is 5.60 Å². The molecular weight excluding hydrogens is 276 g/mol. The Morgan fingerprint density at radius 3 is 2.59 bits per heavy atom. The van der Waals surface area contributed by atoms with Crippen LogP contribution in [0.5, 0.6) is 0 Å². The third kappa shape index (κ3) is 5.34. The van der Waals surface area contributed by atoms with Crippen LogP contribution in [0.4, 0.5) is 4.79 Å². The summed E-state index contributed by atoms with van der Waals surface area (Å²) < 4.78 is 5.33. The highest BCUT2D eigenvalue weighted by atomic mass is 16.6. The molecule has 1 heterocycles. The fourth-order valence-corrected chi connectivity index (χ4v) is 2.88. The molecule has 0 unspecified atom stereocenters. The quantitative estimate of drug-likeness (QED) is 0.928. The van der Waals surface area contributed by atoms with E-state index in [0.717, 1.165) is 25.9 Å². The Morgan fingerprint density at radius 1 is 1.32 bits per heavy atom. The number of hydrogen-bond acceptors (Lipinski definition) is 3. The highest BCUT2D eigenvalue weighted by molar-refractivity contribution is 5.68. The summed E-state index contributed by atoms with van der Waals surface area (Å²) in [4.78, 5) is 14.3. The fraction of sp³-hybridized carbons (Fsp3) is 0.611. The van der Waals surface area contributed by atoms with Crippen LogP contribution < -0.4 is 5.32 Å². The monoisotopic (exact) mass is 304 g/mol. The predicted octanol–water partition coefficient (Wildman–Crippen LogP) is 3.56. The van der Waals surface area contributed by atoms with Gasteiger partial charge in [-0.2, -0.15) is 0 Å². The number of benzene rings is 1. The van der Waals surface area contributed by atoms with Crippen molar-refractivity contribution in [1.82, 2.24) is 10.2 Å². The Hall–Kier alpha value is -1.55. The van der Waals surface area contributed by atoms with Gasteiger partial charge in [0.2, 0.25) is 0 Å². The van der Waals surface area contributed by atoms with Gasteiger partial charge in [0.25, 0.3) is 0 Å². The molecule has 0 radical (unpaired) electrons. The molecule has 0 saturated carbocycles. The third-order valence-corrected chi connectivity index (χ3v) is 3.96. The lowest BCUT2D eigenvalue weighted by molar-refractivity contribution is 0.0453. The summed E-state index contributed by atoms with van der Waals surface area (Å²) in [5.74, 6) is 0. The Balaban J connectivity index is 1.81. The van der Waals surface area contributed by atoms with Crippen LogP contribution in [0.2, 0.25) is 0 Å². The molecule has 0 aliphatic carbocycles. The number of amides is 1. The second-order valence-corrected chi connectivity index (χ2v) is 7.17. The molecule has 2 atom stereocenters. The van der Waals surface area contributed by atoms with Crippen LogP contribution in [-0.2, 0) is 11.3 Å². The maximum Gasteiger partial charge on any atom is 0.407 e.